The van der Waals surface area contributed by atoms with Crippen molar-refractivity contribution in [3.63, 3.8) is 0 Å². The molecule has 1 aliphatic heterocycles. The summed E-state index contributed by atoms with van der Waals surface area (Å²) < 4.78 is 7.45. The number of hydrogen-bond acceptors (Lipinski definition) is 5. The molecule has 2 aromatic rings. The first-order chi connectivity index (χ1) is 12.7. The quantitative estimate of drug-likeness (QED) is 0.837. The molecule has 1 fully saturated rings. The Morgan fingerprint density at radius 3 is 3.08 bits per heavy atom. The predicted molar refractivity (Wildman–Crippen MR) is 101 cm³/mol. The Morgan fingerprint density at radius 1 is 1.46 bits per heavy atom. The number of pyridine rings is 1. The minimum Gasteiger partial charge on any atom is -0.482 e. The van der Waals surface area contributed by atoms with Crippen molar-refractivity contribution in [1.29, 1.82) is 0 Å². The molecule has 1 amide bonds. The van der Waals surface area contributed by atoms with Crippen molar-refractivity contribution in [2.45, 2.75) is 38.8 Å². The summed E-state index contributed by atoms with van der Waals surface area (Å²) in [7, 11) is 1.64. The lowest BCUT2D eigenvalue weighted by molar-refractivity contribution is -0.116. The third-order valence-electron chi connectivity index (χ3n) is 4.96. The van der Waals surface area contributed by atoms with Gasteiger partial charge in [-0.25, -0.2) is 0 Å². The predicted octanol–water partition coefficient (Wildman–Crippen LogP) is 2.65. The van der Waals surface area contributed by atoms with E-state index in [-0.39, 0.29) is 11.9 Å². The number of ether oxygens (including phenoxy) is 1. The van der Waals surface area contributed by atoms with E-state index in [1.54, 1.807) is 19.6 Å². The van der Waals surface area contributed by atoms with Gasteiger partial charge in [0.05, 0.1) is 30.7 Å². The van der Waals surface area contributed by atoms with Crippen molar-refractivity contribution in [3.05, 3.63) is 36.0 Å². The molecule has 3 heterocycles. The maximum absolute atomic E-state index is 12.2. The van der Waals surface area contributed by atoms with E-state index in [4.69, 9.17) is 4.74 Å². The van der Waals surface area contributed by atoms with Gasteiger partial charge in [0.2, 0.25) is 5.91 Å². The number of aromatic nitrogens is 2. The van der Waals surface area contributed by atoms with Crippen LogP contribution < -0.4 is 10.6 Å². The number of hydrogen-bond donors (Lipinski definition) is 2. The molecule has 2 aromatic heterocycles. The Bertz CT molecular complexity index is 894. The topological polar surface area (TPSA) is 80.5 Å². The minimum atomic E-state index is -0.0305. The van der Waals surface area contributed by atoms with Gasteiger partial charge in [-0.2, -0.15) is 0 Å². The molecule has 26 heavy (non-hydrogen) atoms. The second-order valence-corrected chi connectivity index (χ2v) is 6.92. The van der Waals surface area contributed by atoms with Crippen LogP contribution in [0, 0.1) is 5.92 Å². The van der Waals surface area contributed by atoms with Gasteiger partial charge in [-0.05, 0) is 37.8 Å². The smallest absolute Gasteiger partial charge is 0.224 e. The van der Waals surface area contributed by atoms with E-state index >= 15 is 0 Å². The van der Waals surface area contributed by atoms with Gasteiger partial charge in [0, 0.05) is 30.9 Å². The summed E-state index contributed by atoms with van der Waals surface area (Å²) in [6, 6.07) is 3.89. The molecule has 0 aromatic carbocycles. The Hall–Kier alpha value is -2.83. The lowest BCUT2D eigenvalue weighted by atomic mass is 10.1. The van der Waals surface area contributed by atoms with E-state index in [0.29, 0.717) is 18.9 Å². The van der Waals surface area contributed by atoms with Crippen LogP contribution in [0.1, 0.15) is 26.2 Å². The first-order valence-electron chi connectivity index (χ1n) is 8.92. The van der Waals surface area contributed by atoms with Crippen molar-refractivity contribution < 1.29 is 9.53 Å². The number of carbonyl (C=O) groups is 1. The minimum absolute atomic E-state index is 0.0305. The van der Waals surface area contributed by atoms with E-state index in [9.17, 15) is 4.79 Å². The summed E-state index contributed by atoms with van der Waals surface area (Å²) in [6.07, 6.45) is 8.29. The monoisotopic (exact) mass is 353 g/mol. The number of amides is 1. The number of rotatable bonds is 6. The number of aliphatic imine (C=N–C) groups is 1. The largest absolute Gasteiger partial charge is 0.482 e. The fraction of sp³-hybridized carbons (Fsp3) is 0.421. The third kappa shape index (κ3) is 3.29. The molecule has 0 radical (unpaired) electrons. The van der Waals surface area contributed by atoms with Gasteiger partial charge < -0.3 is 19.9 Å². The van der Waals surface area contributed by atoms with Crippen molar-refractivity contribution >= 4 is 29.0 Å². The number of carbonyl (C=O) groups excluding carboxylic acids is 1. The van der Waals surface area contributed by atoms with Gasteiger partial charge in [0.15, 0.2) is 5.88 Å². The van der Waals surface area contributed by atoms with E-state index in [2.05, 4.69) is 25.2 Å². The van der Waals surface area contributed by atoms with Crippen molar-refractivity contribution in [2.24, 2.45) is 10.9 Å². The van der Waals surface area contributed by atoms with Crippen LogP contribution >= 0.6 is 0 Å². The Kier molecular flexibility index (Phi) is 4.36. The molecule has 1 aliphatic carbocycles. The zero-order chi connectivity index (χ0) is 18.1. The van der Waals surface area contributed by atoms with Crippen LogP contribution in [0.5, 0.6) is 0 Å². The van der Waals surface area contributed by atoms with Gasteiger partial charge in [-0.1, -0.05) is 0 Å². The summed E-state index contributed by atoms with van der Waals surface area (Å²) in [5, 5.41) is 6.05. The Balaban J connectivity index is 1.61. The van der Waals surface area contributed by atoms with Crippen LogP contribution in [0.3, 0.4) is 0 Å². The highest BCUT2D eigenvalue weighted by Gasteiger charge is 2.25. The second-order valence-electron chi connectivity index (χ2n) is 6.92. The maximum atomic E-state index is 12.2. The Morgan fingerprint density at radius 2 is 2.31 bits per heavy atom. The van der Waals surface area contributed by atoms with E-state index in [1.807, 2.05) is 25.3 Å². The van der Waals surface area contributed by atoms with E-state index < -0.39 is 0 Å². The molecule has 2 aliphatic rings. The van der Waals surface area contributed by atoms with Crippen LogP contribution in [0.15, 0.2) is 41.0 Å². The molecule has 2 N–H and O–H groups in total. The molecular formula is C19H23N5O2. The molecule has 1 atom stereocenters. The summed E-state index contributed by atoms with van der Waals surface area (Å²) in [5.41, 5.74) is 3.59. The lowest BCUT2D eigenvalue weighted by Crippen LogP contribution is -2.28. The number of methoxy groups -OCH3 is 1. The van der Waals surface area contributed by atoms with Crippen molar-refractivity contribution in [3.8, 4) is 0 Å². The highest BCUT2D eigenvalue weighted by Crippen LogP contribution is 2.33. The van der Waals surface area contributed by atoms with Crippen LogP contribution in [-0.4, -0.2) is 34.9 Å². The van der Waals surface area contributed by atoms with Crippen LogP contribution in [0.25, 0.3) is 11.0 Å². The fourth-order valence-corrected chi connectivity index (χ4v) is 3.30. The molecule has 0 bridgehead atoms. The zero-order valence-corrected chi connectivity index (χ0v) is 15.0. The average molecular weight is 353 g/mol. The third-order valence-corrected chi connectivity index (χ3v) is 4.96. The SMILES string of the molecule is COC1=C(C)C(Cn2cc(NC(=O)CC3CC3)c3ncccc32)N=CN1. The Labute approximate surface area is 152 Å². The van der Waals surface area contributed by atoms with Gasteiger partial charge in [-0.3, -0.25) is 14.8 Å². The first-order valence-corrected chi connectivity index (χ1v) is 8.92. The van der Waals surface area contributed by atoms with Crippen LogP contribution in [0.4, 0.5) is 5.69 Å². The average Bonchev–Trinajstić information content (AvgIpc) is 3.39. The first kappa shape index (κ1) is 16.6. The van der Waals surface area contributed by atoms with Gasteiger partial charge in [0.1, 0.15) is 5.52 Å². The van der Waals surface area contributed by atoms with Crippen molar-refractivity contribution in [2.75, 3.05) is 12.4 Å². The highest BCUT2D eigenvalue weighted by atomic mass is 16.5. The van der Waals surface area contributed by atoms with Crippen LogP contribution in [0.2, 0.25) is 0 Å². The van der Waals surface area contributed by atoms with Gasteiger partial charge in [0.25, 0.3) is 0 Å². The molecular weight excluding hydrogens is 330 g/mol. The number of fused-ring (bicyclic) bond motifs is 1. The summed E-state index contributed by atoms with van der Waals surface area (Å²) in [5.74, 6) is 1.35. The molecule has 1 unspecified atom stereocenters. The normalized spacial score (nSPS) is 19.5. The second kappa shape index (κ2) is 6.82. The molecule has 4 rings (SSSR count). The van der Waals surface area contributed by atoms with Crippen LogP contribution in [-0.2, 0) is 16.1 Å². The molecule has 7 heteroatoms. The van der Waals surface area contributed by atoms with E-state index in [0.717, 1.165) is 41.0 Å². The molecule has 0 spiro atoms. The standard InChI is InChI=1S/C19H23N5O2/c1-12-14(21-11-22-19(12)26-2)9-24-10-15(18-16(24)4-3-7-20-18)23-17(25)8-13-5-6-13/h3-4,7,10-11,13-14H,5-6,8-9H2,1-2H3,(H,21,22)(H,23,25). The highest BCUT2D eigenvalue weighted by molar-refractivity contribution is 6.00. The summed E-state index contributed by atoms with van der Waals surface area (Å²) in [4.78, 5) is 21.2. The molecule has 1 saturated carbocycles. The van der Waals surface area contributed by atoms with Gasteiger partial charge in [-0.15, -0.1) is 0 Å². The fourth-order valence-electron chi connectivity index (χ4n) is 3.30. The number of anilines is 1. The number of nitrogens with one attached hydrogen (secondary N) is 2. The number of nitrogens with zero attached hydrogens (tertiary/aromatic N) is 3. The summed E-state index contributed by atoms with van der Waals surface area (Å²) in [6.45, 7) is 2.66. The zero-order valence-electron chi connectivity index (χ0n) is 15.0. The maximum Gasteiger partial charge on any atom is 0.224 e. The van der Waals surface area contributed by atoms with Gasteiger partial charge >= 0.3 is 0 Å². The summed E-state index contributed by atoms with van der Waals surface area (Å²) >= 11 is 0. The van der Waals surface area contributed by atoms with Crippen molar-refractivity contribution in [1.82, 2.24) is 14.9 Å². The lowest BCUT2D eigenvalue weighted by Gasteiger charge is -2.22. The van der Waals surface area contributed by atoms with E-state index in [1.165, 1.54) is 0 Å². The molecule has 7 nitrogen and oxygen atoms in total. The molecule has 0 saturated heterocycles. The molecule has 136 valence electrons.